The molecule has 0 fully saturated rings. The number of hydrogen-bond acceptors (Lipinski definition) is 2. The van der Waals surface area contributed by atoms with Crippen molar-refractivity contribution in [3.05, 3.63) is 62.8 Å². The molecule has 0 aliphatic rings. The minimum atomic E-state index is -0.454. The Morgan fingerprint density at radius 1 is 1.30 bits per heavy atom. The van der Waals surface area contributed by atoms with Crippen LogP contribution < -0.4 is 10.5 Å². The third-order valence-electron chi connectivity index (χ3n) is 3.06. The van der Waals surface area contributed by atoms with Gasteiger partial charge in [0.25, 0.3) is 0 Å². The normalized spacial score (nSPS) is 12.2. The van der Waals surface area contributed by atoms with E-state index in [4.69, 9.17) is 22.1 Å². The van der Waals surface area contributed by atoms with Crippen molar-refractivity contribution in [3.8, 4) is 5.75 Å². The van der Waals surface area contributed by atoms with Gasteiger partial charge in [0.15, 0.2) is 0 Å². The van der Waals surface area contributed by atoms with E-state index in [0.717, 1.165) is 15.8 Å². The average molecular weight is 359 g/mol. The van der Waals surface area contributed by atoms with Gasteiger partial charge in [-0.3, -0.25) is 0 Å². The van der Waals surface area contributed by atoms with Gasteiger partial charge in [0.1, 0.15) is 11.6 Å². The van der Waals surface area contributed by atoms with E-state index in [0.29, 0.717) is 12.0 Å². The van der Waals surface area contributed by atoms with Gasteiger partial charge in [-0.1, -0.05) is 33.6 Å². The maximum atomic E-state index is 13.5. The molecule has 0 saturated heterocycles. The molecule has 0 aromatic heterocycles. The highest BCUT2D eigenvalue weighted by molar-refractivity contribution is 9.10. The SMILES string of the molecule is COc1ccc(Br)c(CC(N)c2ccc(Cl)c(F)c2)c1. The lowest BCUT2D eigenvalue weighted by Gasteiger charge is -2.14. The molecular weight excluding hydrogens is 345 g/mol. The third kappa shape index (κ3) is 3.51. The van der Waals surface area contributed by atoms with Crippen LogP contribution in [-0.2, 0) is 6.42 Å². The fourth-order valence-corrected chi connectivity index (χ4v) is 2.46. The fourth-order valence-electron chi connectivity index (χ4n) is 1.93. The van der Waals surface area contributed by atoms with E-state index in [-0.39, 0.29) is 11.1 Å². The van der Waals surface area contributed by atoms with Crippen LogP contribution in [0.25, 0.3) is 0 Å². The molecular formula is C15H14BrClFNO. The molecule has 20 heavy (non-hydrogen) atoms. The van der Waals surface area contributed by atoms with Crippen LogP contribution in [0, 0.1) is 5.82 Å². The summed E-state index contributed by atoms with van der Waals surface area (Å²) in [5.74, 6) is 0.307. The monoisotopic (exact) mass is 357 g/mol. The molecule has 0 heterocycles. The van der Waals surface area contributed by atoms with Crippen molar-refractivity contribution in [2.24, 2.45) is 5.73 Å². The maximum Gasteiger partial charge on any atom is 0.142 e. The standard InChI is InChI=1S/C15H14BrClFNO/c1-20-11-3-4-12(16)10(6-11)8-15(19)9-2-5-13(17)14(18)7-9/h2-7,15H,8,19H2,1H3. The van der Waals surface area contributed by atoms with Crippen LogP contribution in [0.15, 0.2) is 40.9 Å². The molecule has 0 radical (unpaired) electrons. The first-order valence-electron chi connectivity index (χ1n) is 6.04. The average Bonchev–Trinajstić information content (AvgIpc) is 2.44. The molecule has 106 valence electrons. The van der Waals surface area contributed by atoms with E-state index in [1.54, 1.807) is 13.2 Å². The Hall–Kier alpha value is -1.10. The minimum Gasteiger partial charge on any atom is -0.497 e. The van der Waals surface area contributed by atoms with E-state index < -0.39 is 5.82 Å². The van der Waals surface area contributed by atoms with Crippen LogP contribution in [0.1, 0.15) is 17.2 Å². The second-order valence-corrected chi connectivity index (χ2v) is 5.70. The van der Waals surface area contributed by atoms with E-state index in [1.807, 2.05) is 18.2 Å². The minimum absolute atomic E-state index is 0.100. The quantitative estimate of drug-likeness (QED) is 0.874. The zero-order valence-corrected chi connectivity index (χ0v) is 13.2. The third-order valence-corrected chi connectivity index (χ3v) is 4.14. The second-order valence-electron chi connectivity index (χ2n) is 4.44. The van der Waals surface area contributed by atoms with Crippen molar-refractivity contribution in [3.63, 3.8) is 0 Å². The number of methoxy groups -OCH3 is 1. The highest BCUT2D eigenvalue weighted by Crippen LogP contribution is 2.27. The molecule has 2 N–H and O–H groups in total. The summed E-state index contributed by atoms with van der Waals surface area (Å²) in [6.45, 7) is 0. The number of rotatable bonds is 4. The Balaban J connectivity index is 2.22. The molecule has 2 nitrogen and oxygen atoms in total. The molecule has 0 amide bonds. The molecule has 5 heteroatoms. The highest BCUT2D eigenvalue weighted by Gasteiger charge is 2.12. The van der Waals surface area contributed by atoms with Crippen LogP contribution in [0.3, 0.4) is 0 Å². The first kappa shape index (κ1) is 15.3. The van der Waals surface area contributed by atoms with Gasteiger partial charge in [-0.05, 0) is 47.9 Å². The van der Waals surface area contributed by atoms with E-state index in [2.05, 4.69) is 15.9 Å². The molecule has 1 atom stereocenters. The van der Waals surface area contributed by atoms with Crippen LogP contribution in [0.2, 0.25) is 5.02 Å². The van der Waals surface area contributed by atoms with Gasteiger partial charge in [-0.2, -0.15) is 0 Å². The van der Waals surface area contributed by atoms with Gasteiger partial charge in [0, 0.05) is 10.5 Å². The summed E-state index contributed by atoms with van der Waals surface area (Å²) in [5.41, 5.74) is 7.85. The van der Waals surface area contributed by atoms with Crippen LogP contribution in [-0.4, -0.2) is 7.11 Å². The summed E-state index contributed by atoms with van der Waals surface area (Å²) in [4.78, 5) is 0. The summed E-state index contributed by atoms with van der Waals surface area (Å²) < 4.78 is 19.6. The lowest BCUT2D eigenvalue weighted by atomic mass is 9.99. The Kier molecular flexibility index (Phi) is 5.02. The molecule has 2 aromatic carbocycles. The molecule has 0 aliphatic carbocycles. The molecule has 2 rings (SSSR count). The van der Waals surface area contributed by atoms with Crippen LogP contribution in [0.4, 0.5) is 4.39 Å². The first-order chi connectivity index (χ1) is 9.51. The molecule has 0 aliphatic heterocycles. The van der Waals surface area contributed by atoms with Gasteiger partial charge >= 0.3 is 0 Å². The lowest BCUT2D eigenvalue weighted by Crippen LogP contribution is -2.14. The van der Waals surface area contributed by atoms with Crippen molar-refractivity contribution in [2.75, 3.05) is 7.11 Å². The Bertz CT molecular complexity index is 621. The van der Waals surface area contributed by atoms with Gasteiger partial charge in [-0.25, -0.2) is 4.39 Å². The fraction of sp³-hybridized carbons (Fsp3) is 0.200. The first-order valence-corrected chi connectivity index (χ1v) is 7.21. The van der Waals surface area contributed by atoms with Crippen LogP contribution in [0.5, 0.6) is 5.75 Å². The van der Waals surface area contributed by atoms with Crippen molar-refractivity contribution < 1.29 is 9.13 Å². The van der Waals surface area contributed by atoms with Gasteiger partial charge in [0.05, 0.1) is 12.1 Å². The second kappa shape index (κ2) is 6.57. The Morgan fingerprint density at radius 2 is 2.05 bits per heavy atom. The zero-order chi connectivity index (χ0) is 14.7. The number of halogens is 3. The molecule has 0 bridgehead atoms. The number of benzene rings is 2. The topological polar surface area (TPSA) is 35.2 Å². The van der Waals surface area contributed by atoms with E-state index in [1.165, 1.54) is 12.1 Å². The van der Waals surface area contributed by atoms with Crippen molar-refractivity contribution in [1.29, 1.82) is 0 Å². The van der Waals surface area contributed by atoms with Gasteiger partial charge in [-0.15, -0.1) is 0 Å². The van der Waals surface area contributed by atoms with Gasteiger partial charge in [0.2, 0.25) is 0 Å². The maximum absolute atomic E-state index is 13.5. The summed E-state index contributed by atoms with van der Waals surface area (Å²) >= 11 is 9.15. The predicted octanol–water partition coefficient (Wildman–Crippen LogP) is 4.49. The van der Waals surface area contributed by atoms with E-state index >= 15 is 0 Å². The zero-order valence-electron chi connectivity index (χ0n) is 10.9. The number of nitrogens with two attached hydrogens (primary N) is 1. The summed E-state index contributed by atoms with van der Waals surface area (Å²) in [6, 6.07) is 10.0. The van der Waals surface area contributed by atoms with Crippen molar-refractivity contribution in [1.82, 2.24) is 0 Å². The molecule has 0 saturated carbocycles. The van der Waals surface area contributed by atoms with E-state index in [9.17, 15) is 4.39 Å². The van der Waals surface area contributed by atoms with Crippen molar-refractivity contribution >= 4 is 27.5 Å². The summed E-state index contributed by atoms with van der Waals surface area (Å²) in [7, 11) is 1.61. The number of ether oxygens (including phenoxy) is 1. The molecule has 2 aromatic rings. The largest absolute Gasteiger partial charge is 0.497 e. The smallest absolute Gasteiger partial charge is 0.142 e. The highest BCUT2D eigenvalue weighted by atomic mass is 79.9. The Labute approximate surface area is 130 Å². The van der Waals surface area contributed by atoms with Gasteiger partial charge < -0.3 is 10.5 Å². The van der Waals surface area contributed by atoms with Crippen molar-refractivity contribution in [2.45, 2.75) is 12.5 Å². The predicted molar refractivity (Wildman–Crippen MR) is 82.7 cm³/mol. The summed E-state index contributed by atoms with van der Waals surface area (Å²) in [6.07, 6.45) is 0.568. The number of hydrogen-bond donors (Lipinski definition) is 1. The summed E-state index contributed by atoms with van der Waals surface area (Å²) in [5, 5.41) is 0.100. The Morgan fingerprint density at radius 3 is 2.70 bits per heavy atom. The lowest BCUT2D eigenvalue weighted by molar-refractivity contribution is 0.414. The molecule has 1 unspecified atom stereocenters. The van der Waals surface area contributed by atoms with Crippen LogP contribution >= 0.6 is 27.5 Å². The molecule has 0 spiro atoms.